The molecule has 1 aliphatic rings. The van der Waals surface area contributed by atoms with E-state index in [1.807, 2.05) is 7.11 Å². The van der Waals surface area contributed by atoms with E-state index in [-0.39, 0.29) is 0 Å². The van der Waals surface area contributed by atoms with Crippen molar-refractivity contribution in [1.82, 2.24) is 4.90 Å². The van der Waals surface area contributed by atoms with Crippen LogP contribution in [0.5, 0.6) is 0 Å². The van der Waals surface area contributed by atoms with Crippen molar-refractivity contribution < 1.29 is 4.74 Å². The van der Waals surface area contributed by atoms with Crippen LogP contribution in [-0.4, -0.2) is 36.7 Å². The van der Waals surface area contributed by atoms with Gasteiger partial charge >= 0.3 is 0 Å². The second kappa shape index (κ2) is 10.6. The first-order valence-electron chi connectivity index (χ1n) is 9.44. The summed E-state index contributed by atoms with van der Waals surface area (Å²) in [5.41, 5.74) is 0.411. The maximum Gasteiger partial charge on any atom is 0.0710 e. The summed E-state index contributed by atoms with van der Waals surface area (Å²) in [5, 5.41) is 0. The normalized spacial score (nSPS) is 22.6. The second-order valence-corrected chi connectivity index (χ2v) is 7.21. The summed E-state index contributed by atoms with van der Waals surface area (Å²) in [4.78, 5) is 2.73. The second-order valence-electron chi connectivity index (χ2n) is 7.21. The fraction of sp³-hybridized carbons (Fsp3) is 1.00. The van der Waals surface area contributed by atoms with E-state index in [1.165, 1.54) is 77.2 Å². The summed E-state index contributed by atoms with van der Waals surface area (Å²) in [6.45, 7) is 9.49. The number of likely N-dealkylation sites (tertiary alicyclic amines) is 1. The summed E-state index contributed by atoms with van der Waals surface area (Å²) in [7, 11) is 1.87. The van der Waals surface area contributed by atoms with Crippen molar-refractivity contribution >= 4 is 0 Å². The Balaban J connectivity index is 2.45. The van der Waals surface area contributed by atoms with Crippen LogP contribution < -0.4 is 0 Å². The number of hydrogen-bond donors (Lipinski definition) is 0. The lowest BCUT2D eigenvalue weighted by Gasteiger charge is -2.39. The van der Waals surface area contributed by atoms with E-state index in [0.717, 1.165) is 6.54 Å². The molecule has 126 valence electrons. The summed E-state index contributed by atoms with van der Waals surface area (Å²) in [6.07, 6.45) is 15.5. The zero-order valence-corrected chi connectivity index (χ0v) is 15.1. The van der Waals surface area contributed by atoms with Crippen molar-refractivity contribution in [2.24, 2.45) is 0 Å². The van der Waals surface area contributed by atoms with E-state index in [2.05, 4.69) is 25.7 Å². The van der Waals surface area contributed by atoms with Gasteiger partial charge in [-0.15, -0.1) is 0 Å². The van der Waals surface area contributed by atoms with Gasteiger partial charge in [-0.1, -0.05) is 65.2 Å². The van der Waals surface area contributed by atoms with Crippen molar-refractivity contribution in [2.45, 2.75) is 103 Å². The van der Waals surface area contributed by atoms with Gasteiger partial charge in [0.25, 0.3) is 0 Å². The Labute approximate surface area is 133 Å². The topological polar surface area (TPSA) is 12.5 Å². The monoisotopic (exact) mass is 297 g/mol. The van der Waals surface area contributed by atoms with Gasteiger partial charge in [0.2, 0.25) is 0 Å². The van der Waals surface area contributed by atoms with Crippen LogP contribution in [0.2, 0.25) is 0 Å². The minimum Gasteiger partial charge on any atom is -0.380 e. The van der Waals surface area contributed by atoms with E-state index in [9.17, 15) is 0 Å². The zero-order valence-electron chi connectivity index (χ0n) is 15.1. The quantitative estimate of drug-likeness (QED) is 0.447. The molecule has 0 spiro atoms. The molecule has 2 heteroatoms. The minimum atomic E-state index is 0.411. The summed E-state index contributed by atoms with van der Waals surface area (Å²) in [6, 6.07) is 0. The highest BCUT2D eigenvalue weighted by atomic mass is 16.5. The van der Waals surface area contributed by atoms with Gasteiger partial charge < -0.3 is 4.74 Å². The molecule has 0 aliphatic carbocycles. The first-order valence-corrected chi connectivity index (χ1v) is 9.44. The summed E-state index contributed by atoms with van der Waals surface area (Å²) < 4.78 is 5.58. The molecule has 0 radical (unpaired) electrons. The third kappa shape index (κ3) is 6.69. The van der Waals surface area contributed by atoms with Gasteiger partial charge in [-0.25, -0.2) is 0 Å². The van der Waals surface area contributed by atoms with Gasteiger partial charge in [-0.2, -0.15) is 0 Å². The first kappa shape index (κ1) is 19.0. The highest BCUT2D eigenvalue weighted by Crippen LogP contribution is 2.32. The third-order valence-corrected chi connectivity index (χ3v) is 5.38. The molecule has 0 aromatic carbocycles. The number of nitrogens with zero attached hydrogens (tertiary/aromatic N) is 1. The van der Waals surface area contributed by atoms with Crippen molar-refractivity contribution in [3.63, 3.8) is 0 Å². The highest BCUT2D eigenvalue weighted by molar-refractivity contribution is 4.91. The molecule has 1 aliphatic heterocycles. The molecule has 0 N–H and O–H groups in total. The Kier molecular flexibility index (Phi) is 9.59. The number of hydrogen-bond acceptors (Lipinski definition) is 2. The predicted molar refractivity (Wildman–Crippen MR) is 92.9 cm³/mol. The molecule has 0 aromatic rings. The SMILES string of the molecule is CCCCCCCC(C)(CCCCC)N1CCC(OC)C1. The van der Waals surface area contributed by atoms with Gasteiger partial charge in [0.1, 0.15) is 0 Å². The molecular weight excluding hydrogens is 258 g/mol. The molecule has 0 bridgehead atoms. The van der Waals surface area contributed by atoms with Gasteiger partial charge in [-0.05, 0) is 26.2 Å². The molecule has 0 amide bonds. The fourth-order valence-electron chi connectivity index (χ4n) is 3.72. The van der Waals surface area contributed by atoms with E-state index >= 15 is 0 Å². The Morgan fingerprint density at radius 1 is 0.952 bits per heavy atom. The molecule has 21 heavy (non-hydrogen) atoms. The molecule has 1 heterocycles. The van der Waals surface area contributed by atoms with Crippen LogP contribution in [0.4, 0.5) is 0 Å². The van der Waals surface area contributed by atoms with Crippen LogP contribution in [0.25, 0.3) is 0 Å². The molecule has 2 unspecified atom stereocenters. The van der Waals surface area contributed by atoms with E-state index in [4.69, 9.17) is 4.74 Å². The Morgan fingerprint density at radius 2 is 1.52 bits per heavy atom. The molecule has 0 aromatic heterocycles. The third-order valence-electron chi connectivity index (χ3n) is 5.38. The molecule has 0 saturated carbocycles. The van der Waals surface area contributed by atoms with Gasteiger partial charge in [0, 0.05) is 25.7 Å². The Bertz CT molecular complexity index is 256. The standard InChI is InChI=1S/C19H39NO/c1-5-7-9-10-12-15-19(3,14-11-8-6-2)20-16-13-18(17-20)21-4/h18H,5-17H2,1-4H3. The molecule has 1 rings (SSSR count). The van der Waals surface area contributed by atoms with Crippen LogP contribution in [0, 0.1) is 0 Å². The van der Waals surface area contributed by atoms with Crippen LogP contribution >= 0.6 is 0 Å². The van der Waals surface area contributed by atoms with Gasteiger partial charge in [-0.3, -0.25) is 4.90 Å². The number of rotatable bonds is 12. The van der Waals surface area contributed by atoms with Crippen LogP contribution in [0.3, 0.4) is 0 Å². The largest absolute Gasteiger partial charge is 0.380 e. The maximum atomic E-state index is 5.58. The predicted octanol–water partition coefficient (Wildman–Crippen LogP) is 5.41. The summed E-state index contributed by atoms with van der Waals surface area (Å²) >= 11 is 0. The lowest BCUT2D eigenvalue weighted by molar-refractivity contribution is 0.0661. The zero-order chi connectivity index (χ0) is 15.6. The lowest BCUT2D eigenvalue weighted by Crippen LogP contribution is -2.45. The fourth-order valence-corrected chi connectivity index (χ4v) is 3.72. The molecule has 2 atom stereocenters. The molecule has 1 saturated heterocycles. The van der Waals surface area contributed by atoms with Gasteiger partial charge in [0.05, 0.1) is 6.10 Å². The van der Waals surface area contributed by atoms with E-state index < -0.39 is 0 Å². The van der Waals surface area contributed by atoms with E-state index in [1.54, 1.807) is 0 Å². The van der Waals surface area contributed by atoms with Crippen LogP contribution in [0.15, 0.2) is 0 Å². The molecular formula is C19H39NO. The smallest absolute Gasteiger partial charge is 0.0710 e. The summed E-state index contributed by atoms with van der Waals surface area (Å²) in [5.74, 6) is 0. The van der Waals surface area contributed by atoms with Crippen molar-refractivity contribution in [3.8, 4) is 0 Å². The average Bonchev–Trinajstić information content (AvgIpc) is 2.97. The lowest BCUT2D eigenvalue weighted by atomic mass is 9.86. The van der Waals surface area contributed by atoms with Crippen molar-refractivity contribution in [1.29, 1.82) is 0 Å². The minimum absolute atomic E-state index is 0.411. The Hall–Kier alpha value is -0.0800. The van der Waals surface area contributed by atoms with Crippen LogP contribution in [0.1, 0.15) is 91.4 Å². The first-order chi connectivity index (χ1) is 10.2. The number of methoxy groups -OCH3 is 1. The van der Waals surface area contributed by atoms with Crippen molar-refractivity contribution in [3.05, 3.63) is 0 Å². The van der Waals surface area contributed by atoms with E-state index in [0.29, 0.717) is 11.6 Å². The molecule has 1 fully saturated rings. The van der Waals surface area contributed by atoms with Gasteiger partial charge in [0.15, 0.2) is 0 Å². The number of ether oxygens (including phenoxy) is 1. The highest BCUT2D eigenvalue weighted by Gasteiger charge is 2.35. The number of unbranched alkanes of at least 4 members (excludes halogenated alkanes) is 6. The molecule has 2 nitrogen and oxygen atoms in total. The van der Waals surface area contributed by atoms with Crippen LogP contribution in [-0.2, 0) is 4.74 Å². The maximum absolute atomic E-state index is 5.58. The van der Waals surface area contributed by atoms with Crippen molar-refractivity contribution in [2.75, 3.05) is 20.2 Å². The average molecular weight is 298 g/mol. The Morgan fingerprint density at radius 3 is 2.10 bits per heavy atom.